The Hall–Kier alpha value is -3.69. The summed E-state index contributed by atoms with van der Waals surface area (Å²) < 4.78 is 46.7. The summed E-state index contributed by atoms with van der Waals surface area (Å²) in [4.78, 5) is 20.6. The molecule has 1 aliphatic rings. The van der Waals surface area contributed by atoms with E-state index in [1.165, 1.54) is 35.4 Å². The normalized spacial score (nSPS) is 18.9. The molecule has 5 rings (SSSR count). The Morgan fingerprint density at radius 2 is 1.81 bits per heavy atom. The zero-order valence-corrected chi connectivity index (χ0v) is 17.0. The predicted octanol–water partition coefficient (Wildman–Crippen LogP) is 4.23. The van der Waals surface area contributed by atoms with Crippen molar-refractivity contribution in [2.75, 3.05) is 6.54 Å². The summed E-state index contributed by atoms with van der Waals surface area (Å²) in [5, 5.41) is 8.04. The van der Waals surface area contributed by atoms with Crippen molar-refractivity contribution in [3.8, 4) is 5.69 Å². The average molecular weight is 441 g/mol. The number of halogens is 3. The number of aromatic nitrogens is 4. The van der Waals surface area contributed by atoms with E-state index in [0.717, 1.165) is 12.1 Å². The minimum atomic E-state index is -1.01. The molecule has 0 unspecified atom stereocenters. The first-order chi connectivity index (χ1) is 15.4. The molecule has 1 saturated heterocycles. The first kappa shape index (κ1) is 20.2. The van der Waals surface area contributed by atoms with Crippen molar-refractivity contribution >= 4 is 17.0 Å². The molecule has 0 N–H and O–H groups in total. The number of benzene rings is 2. The van der Waals surface area contributed by atoms with Gasteiger partial charge in [-0.05, 0) is 31.9 Å². The molecule has 32 heavy (non-hydrogen) atoms. The molecule has 0 spiro atoms. The van der Waals surface area contributed by atoms with Crippen molar-refractivity contribution in [2.45, 2.75) is 31.7 Å². The third-order valence-corrected chi connectivity index (χ3v) is 5.76. The maximum atomic E-state index is 13.9. The fourth-order valence-corrected chi connectivity index (χ4v) is 4.05. The van der Waals surface area contributed by atoms with Crippen molar-refractivity contribution in [1.82, 2.24) is 24.9 Å². The number of hydrogen-bond acceptors (Lipinski definition) is 5. The zero-order valence-electron chi connectivity index (χ0n) is 17.0. The molecule has 4 aromatic rings. The van der Waals surface area contributed by atoms with Gasteiger partial charge in [-0.15, -0.1) is 0 Å². The van der Waals surface area contributed by atoms with Gasteiger partial charge in [0.2, 0.25) is 0 Å². The quantitative estimate of drug-likeness (QED) is 0.476. The first-order valence-electron chi connectivity index (χ1n) is 10.1. The van der Waals surface area contributed by atoms with Crippen LogP contribution in [0, 0.1) is 17.5 Å². The maximum absolute atomic E-state index is 13.9. The van der Waals surface area contributed by atoms with Crippen LogP contribution in [0.4, 0.5) is 13.2 Å². The van der Waals surface area contributed by atoms with Crippen LogP contribution >= 0.6 is 0 Å². The summed E-state index contributed by atoms with van der Waals surface area (Å²) in [7, 11) is 0. The van der Waals surface area contributed by atoms with Crippen molar-refractivity contribution in [3.05, 3.63) is 71.6 Å². The molecule has 10 heteroatoms. The maximum Gasteiger partial charge on any atom is 0.256 e. The second-order valence-electron chi connectivity index (χ2n) is 7.85. The van der Waals surface area contributed by atoms with Crippen LogP contribution in [0.5, 0.6) is 0 Å². The number of carbonyl (C=O) groups excluding carboxylic acids is 1. The van der Waals surface area contributed by atoms with E-state index in [1.807, 2.05) is 6.92 Å². The van der Waals surface area contributed by atoms with Gasteiger partial charge in [0.25, 0.3) is 5.91 Å². The number of piperidine rings is 1. The molecule has 0 radical (unpaired) electrons. The summed E-state index contributed by atoms with van der Waals surface area (Å²) >= 11 is 0. The van der Waals surface area contributed by atoms with Crippen molar-refractivity contribution < 1.29 is 22.4 Å². The van der Waals surface area contributed by atoms with Gasteiger partial charge in [0, 0.05) is 30.8 Å². The van der Waals surface area contributed by atoms with Gasteiger partial charge < -0.3 is 9.32 Å². The Balaban J connectivity index is 1.46. The first-order valence-corrected chi connectivity index (χ1v) is 10.1. The number of likely N-dealkylation sites (tertiary alicyclic amines) is 1. The van der Waals surface area contributed by atoms with E-state index >= 15 is 0 Å². The molecule has 1 aliphatic heterocycles. The lowest BCUT2D eigenvalue weighted by Gasteiger charge is -2.37. The van der Waals surface area contributed by atoms with Gasteiger partial charge in [0.1, 0.15) is 17.0 Å². The fraction of sp³-hybridized carbons (Fsp3) is 0.273. The van der Waals surface area contributed by atoms with Crippen LogP contribution in [-0.2, 0) is 0 Å². The molecule has 164 valence electrons. The van der Waals surface area contributed by atoms with Gasteiger partial charge in [-0.3, -0.25) is 4.79 Å². The third-order valence-electron chi connectivity index (χ3n) is 5.76. The lowest BCUT2D eigenvalue weighted by atomic mass is 9.92. The summed E-state index contributed by atoms with van der Waals surface area (Å²) in [6.07, 6.45) is 4.25. The van der Waals surface area contributed by atoms with Gasteiger partial charge >= 0.3 is 0 Å². The highest BCUT2D eigenvalue weighted by Crippen LogP contribution is 2.33. The minimum absolute atomic E-state index is 0.0819. The highest BCUT2D eigenvalue weighted by Gasteiger charge is 2.34. The van der Waals surface area contributed by atoms with E-state index in [4.69, 9.17) is 4.42 Å². The number of fused-ring (bicyclic) bond motifs is 1. The van der Waals surface area contributed by atoms with Crippen LogP contribution < -0.4 is 0 Å². The lowest BCUT2D eigenvalue weighted by Crippen LogP contribution is -2.45. The van der Waals surface area contributed by atoms with Crippen LogP contribution in [0.15, 0.2) is 47.1 Å². The second kappa shape index (κ2) is 7.77. The van der Waals surface area contributed by atoms with Crippen LogP contribution in [0.2, 0.25) is 0 Å². The van der Waals surface area contributed by atoms with E-state index < -0.39 is 17.5 Å². The molecule has 0 saturated carbocycles. The Kier molecular flexibility index (Phi) is 4.91. The molecule has 1 fully saturated rings. The molecule has 2 atom stereocenters. The average Bonchev–Trinajstić information content (AvgIpc) is 3.44. The van der Waals surface area contributed by atoms with E-state index in [9.17, 15) is 18.0 Å². The smallest absolute Gasteiger partial charge is 0.256 e. The van der Waals surface area contributed by atoms with Gasteiger partial charge in [-0.25, -0.2) is 18.2 Å². The van der Waals surface area contributed by atoms with Crippen LogP contribution in [-0.4, -0.2) is 43.4 Å². The predicted molar refractivity (Wildman–Crippen MR) is 108 cm³/mol. The summed E-state index contributed by atoms with van der Waals surface area (Å²) in [6, 6.07) is 5.73. The molecular formula is C22H18F3N5O2. The molecule has 3 heterocycles. The molecule has 2 aromatic carbocycles. The highest BCUT2D eigenvalue weighted by atomic mass is 19.2. The van der Waals surface area contributed by atoms with E-state index in [2.05, 4.69) is 15.2 Å². The topological polar surface area (TPSA) is 77.0 Å². The number of carbonyl (C=O) groups is 1. The van der Waals surface area contributed by atoms with Crippen molar-refractivity contribution in [1.29, 1.82) is 0 Å². The van der Waals surface area contributed by atoms with Gasteiger partial charge in [0.15, 0.2) is 23.1 Å². The van der Waals surface area contributed by atoms with Crippen molar-refractivity contribution in [3.63, 3.8) is 0 Å². The Labute approximate surface area is 180 Å². The number of nitrogens with zero attached hydrogens (tertiary/aromatic N) is 5. The molecular weight excluding hydrogens is 423 g/mol. The Morgan fingerprint density at radius 3 is 2.59 bits per heavy atom. The summed E-state index contributed by atoms with van der Waals surface area (Å²) in [6.45, 7) is 2.22. The molecule has 1 amide bonds. The Morgan fingerprint density at radius 1 is 1.06 bits per heavy atom. The van der Waals surface area contributed by atoms with E-state index in [1.54, 1.807) is 4.90 Å². The largest absolute Gasteiger partial charge is 0.440 e. The Bertz CT molecular complexity index is 1270. The van der Waals surface area contributed by atoms with E-state index in [0.29, 0.717) is 25.3 Å². The second-order valence-corrected chi connectivity index (χ2v) is 7.85. The van der Waals surface area contributed by atoms with Gasteiger partial charge in [0.05, 0.1) is 23.9 Å². The van der Waals surface area contributed by atoms with E-state index in [-0.39, 0.29) is 40.2 Å². The third kappa shape index (κ3) is 3.51. The number of rotatable bonds is 3. The molecule has 0 aliphatic carbocycles. The molecule has 2 aromatic heterocycles. The van der Waals surface area contributed by atoms with Crippen LogP contribution in [0.3, 0.4) is 0 Å². The lowest BCUT2D eigenvalue weighted by molar-refractivity contribution is 0.0597. The minimum Gasteiger partial charge on any atom is -0.440 e. The monoisotopic (exact) mass is 441 g/mol. The molecule has 7 nitrogen and oxygen atoms in total. The summed E-state index contributed by atoms with van der Waals surface area (Å²) in [5.74, 6) is -2.75. The molecule has 0 bridgehead atoms. The van der Waals surface area contributed by atoms with Crippen LogP contribution in [0.1, 0.15) is 41.9 Å². The number of amides is 1. The SMILES string of the molecule is C[C@@H]1CC[C@@H](c2nc3cc(F)c(F)cc3o2)CN1C(=O)c1ccc(F)cc1-n1nccn1. The highest BCUT2D eigenvalue weighted by molar-refractivity contribution is 5.98. The zero-order chi connectivity index (χ0) is 22.4. The standard InChI is InChI=1S/C22H18F3N5O2/c1-12-2-3-13(21-28-18-9-16(24)17(25)10-20(18)32-21)11-29(12)22(31)15-5-4-14(23)8-19(15)30-26-6-7-27-30/h4-10,12-13H,2-3,11H2,1H3/t12-,13-/m1/s1. The van der Waals surface area contributed by atoms with Crippen molar-refractivity contribution in [2.24, 2.45) is 0 Å². The van der Waals surface area contributed by atoms with Gasteiger partial charge in [-0.2, -0.15) is 15.0 Å². The number of oxazole rings is 1. The number of hydrogen-bond donors (Lipinski definition) is 0. The van der Waals surface area contributed by atoms with Gasteiger partial charge in [-0.1, -0.05) is 0 Å². The summed E-state index contributed by atoms with van der Waals surface area (Å²) in [5.41, 5.74) is 0.876. The van der Waals surface area contributed by atoms with Crippen LogP contribution in [0.25, 0.3) is 16.8 Å². The fourth-order valence-electron chi connectivity index (χ4n) is 4.05.